The van der Waals surface area contributed by atoms with E-state index in [2.05, 4.69) is 5.32 Å². The van der Waals surface area contributed by atoms with Crippen LogP contribution in [0, 0.1) is 13.8 Å². The van der Waals surface area contributed by atoms with Crippen molar-refractivity contribution in [3.05, 3.63) is 88.2 Å². The van der Waals surface area contributed by atoms with Crippen LogP contribution in [0.3, 0.4) is 0 Å². The molecule has 28 heavy (non-hydrogen) atoms. The van der Waals surface area contributed by atoms with Gasteiger partial charge in [-0.05, 0) is 61.4 Å². The minimum absolute atomic E-state index is 0.259. The number of rotatable bonds is 7. The van der Waals surface area contributed by atoms with E-state index >= 15 is 0 Å². The van der Waals surface area contributed by atoms with E-state index < -0.39 is 11.9 Å². The summed E-state index contributed by atoms with van der Waals surface area (Å²) in [6.45, 7) is 5.04. The summed E-state index contributed by atoms with van der Waals surface area (Å²) in [5.74, 6) is -1.90. The van der Waals surface area contributed by atoms with Crippen LogP contribution in [0.25, 0.3) is 5.69 Å². The normalized spacial score (nSPS) is 10.8. The second-order valence-electron chi connectivity index (χ2n) is 6.71. The Labute approximate surface area is 163 Å². The number of aromatic nitrogens is 1. The van der Waals surface area contributed by atoms with Gasteiger partial charge in [0.05, 0.1) is 16.8 Å². The van der Waals surface area contributed by atoms with Crippen LogP contribution in [0.4, 0.5) is 0 Å². The summed E-state index contributed by atoms with van der Waals surface area (Å²) < 4.78 is 1.94. The van der Waals surface area contributed by atoms with Crippen LogP contribution in [0.5, 0.6) is 0 Å². The van der Waals surface area contributed by atoms with Gasteiger partial charge in [0.25, 0.3) is 0 Å². The molecule has 1 aromatic heterocycles. The largest absolute Gasteiger partial charge is 0.478 e. The van der Waals surface area contributed by atoms with Gasteiger partial charge in [-0.15, -0.1) is 0 Å². The van der Waals surface area contributed by atoms with Gasteiger partial charge in [0.2, 0.25) is 0 Å². The number of nitrogens with zero attached hydrogens (tertiary/aromatic N) is 1. The van der Waals surface area contributed by atoms with E-state index in [1.54, 1.807) is 30.3 Å². The first-order chi connectivity index (χ1) is 13.4. The van der Waals surface area contributed by atoms with Crippen molar-refractivity contribution in [2.24, 2.45) is 0 Å². The molecule has 6 nitrogen and oxygen atoms in total. The maximum Gasteiger partial charge on any atom is 0.337 e. The number of carboxylic acids is 2. The van der Waals surface area contributed by atoms with Gasteiger partial charge < -0.3 is 20.1 Å². The molecular weight excluding hydrogens is 356 g/mol. The Kier molecular flexibility index (Phi) is 5.61. The topological polar surface area (TPSA) is 91.6 Å². The van der Waals surface area contributed by atoms with E-state index in [1.807, 2.05) is 42.7 Å². The molecule has 0 aliphatic heterocycles. The molecule has 2 aromatic carbocycles. The molecule has 0 aliphatic carbocycles. The maximum absolute atomic E-state index is 11.7. The van der Waals surface area contributed by atoms with Crippen molar-refractivity contribution in [3.63, 3.8) is 0 Å². The van der Waals surface area contributed by atoms with E-state index in [0.717, 1.165) is 22.5 Å². The standard InChI is InChI=1S/C22H22N2O4/c1-14-3-4-15(2)24(14)20-11-17(7-10-19(20)22(27)28)13-23-12-16-5-8-18(9-6-16)21(25)26/h3-11,23H,12-13H2,1-2H3,(H,25,26)(H,27,28). The van der Waals surface area contributed by atoms with Gasteiger partial charge in [0, 0.05) is 24.5 Å². The maximum atomic E-state index is 11.7. The second-order valence-corrected chi connectivity index (χ2v) is 6.71. The Morgan fingerprint density at radius 2 is 1.39 bits per heavy atom. The number of aromatic carboxylic acids is 2. The Hall–Kier alpha value is -3.38. The average Bonchev–Trinajstić information content (AvgIpc) is 3.00. The van der Waals surface area contributed by atoms with Gasteiger partial charge in [-0.1, -0.05) is 18.2 Å². The zero-order valence-electron chi connectivity index (χ0n) is 15.8. The molecular formula is C22H22N2O4. The van der Waals surface area contributed by atoms with Crippen molar-refractivity contribution in [3.8, 4) is 5.69 Å². The summed E-state index contributed by atoms with van der Waals surface area (Å²) in [5.41, 5.74) is 5.06. The molecule has 0 fully saturated rings. The minimum Gasteiger partial charge on any atom is -0.478 e. The van der Waals surface area contributed by atoms with Crippen LogP contribution in [0.15, 0.2) is 54.6 Å². The number of benzene rings is 2. The number of nitrogens with one attached hydrogen (secondary N) is 1. The highest BCUT2D eigenvalue weighted by atomic mass is 16.4. The lowest BCUT2D eigenvalue weighted by Crippen LogP contribution is -2.14. The van der Waals surface area contributed by atoms with Crippen LogP contribution in [-0.4, -0.2) is 26.7 Å². The van der Waals surface area contributed by atoms with Gasteiger partial charge in [-0.3, -0.25) is 0 Å². The van der Waals surface area contributed by atoms with Crippen LogP contribution in [-0.2, 0) is 13.1 Å². The van der Waals surface area contributed by atoms with Gasteiger partial charge in [-0.2, -0.15) is 0 Å². The fourth-order valence-corrected chi connectivity index (χ4v) is 3.22. The fraction of sp³-hybridized carbons (Fsp3) is 0.182. The molecule has 3 rings (SSSR count). The number of hydrogen-bond acceptors (Lipinski definition) is 3. The van der Waals surface area contributed by atoms with E-state index in [4.69, 9.17) is 5.11 Å². The van der Waals surface area contributed by atoms with Crippen LogP contribution in [0.1, 0.15) is 43.2 Å². The second kappa shape index (κ2) is 8.10. The van der Waals surface area contributed by atoms with Crippen molar-refractivity contribution < 1.29 is 19.8 Å². The molecule has 0 saturated carbocycles. The zero-order chi connectivity index (χ0) is 20.3. The van der Waals surface area contributed by atoms with Crippen molar-refractivity contribution in [2.45, 2.75) is 26.9 Å². The highest BCUT2D eigenvalue weighted by Gasteiger charge is 2.15. The predicted octanol–water partition coefficient (Wildman–Crippen LogP) is 3.78. The van der Waals surface area contributed by atoms with Crippen molar-refractivity contribution >= 4 is 11.9 Å². The minimum atomic E-state index is -0.958. The van der Waals surface area contributed by atoms with Gasteiger partial charge >= 0.3 is 11.9 Å². The number of aryl methyl sites for hydroxylation is 2. The fourth-order valence-electron chi connectivity index (χ4n) is 3.22. The Balaban J connectivity index is 1.77. The smallest absolute Gasteiger partial charge is 0.337 e. The van der Waals surface area contributed by atoms with Crippen molar-refractivity contribution in [1.82, 2.24) is 9.88 Å². The Morgan fingerprint density at radius 3 is 1.96 bits per heavy atom. The quantitative estimate of drug-likeness (QED) is 0.582. The molecule has 0 atom stereocenters. The molecule has 0 radical (unpaired) electrons. The predicted molar refractivity (Wildman–Crippen MR) is 106 cm³/mol. The summed E-state index contributed by atoms with van der Waals surface area (Å²) in [4.78, 5) is 22.6. The molecule has 0 spiro atoms. The van der Waals surface area contributed by atoms with Gasteiger partial charge in [0.15, 0.2) is 0 Å². The first kappa shape index (κ1) is 19.4. The molecule has 6 heteroatoms. The third-order valence-electron chi connectivity index (χ3n) is 4.66. The lowest BCUT2D eigenvalue weighted by molar-refractivity contribution is 0.0686. The van der Waals surface area contributed by atoms with Gasteiger partial charge in [-0.25, -0.2) is 9.59 Å². The van der Waals surface area contributed by atoms with Gasteiger partial charge in [0.1, 0.15) is 0 Å². The van der Waals surface area contributed by atoms with E-state index in [-0.39, 0.29) is 11.1 Å². The Bertz CT molecular complexity index is 1000. The monoisotopic (exact) mass is 378 g/mol. The summed E-state index contributed by atoms with van der Waals surface area (Å²) >= 11 is 0. The Morgan fingerprint density at radius 1 is 0.821 bits per heavy atom. The first-order valence-electron chi connectivity index (χ1n) is 8.91. The summed E-state index contributed by atoms with van der Waals surface area (Å²) in [6, 6.07) is 16.0. The average molecular weight is 378 g/mol. The highest BCUT2D eigenvalue weighted by Crippen LogP contribution is 2.22. The molecule has 0 saturated heterocycles. The zero-order valence-corrected chi connectivity index (χ0v) is 15.8. The molecule has 3 aromatic rings. The lowest BCUT2D eigenvalue weighted by Gasteiger charge is -2.15. The molecule has 3 N–H and O–H groups in total. The van der Waals surface area contributed by atoms with E-state index in [1.165, 1.54) is 0 Å². The van der Waals surface area contributed by atoms with E-state index in [9.17, 15) is 14.7 Å². The summed E-state index contributed by atoms with van der Waals surface area (Å²) in [5, 5.41) is 21.8. The van der Waals surface area contributed by atoms with Crippen LogP contribution >= 0.6 is 0 Å². The molecule has 0 amide bonds. The summed E-state index contributed by atoms with van der Waals surface area (Å²) in [6.07, 6.45) is 0. The molecule has 0 aliphatic rings. The van der Waals surface area contributed by atoms with Crippen molar-refractivity contribution in [2.75, 3.05) is 0 Å². The van der Waals surface area contributed by atoms with Crippen LogP contribution < -0.4 is 5.32 Å². The molecule has 0 bridgehead atoms. The lowest BCUT2D eigenvalue weighted by atomic mass is 10.1. The number of carbonyl (C=O) groups is 2. The molecule has 0 unspecified atom stereocenters. The number of hydrogen-bond donors (Lipinski definition) is 3. The highest BCUT2D eigenvalue weighted by molar-refractivity contribution is 5.92. The van der Waals surface area contributed by atoms with Crippen LogP contribution in [0.2, 0.25) is 0 Å². The third kappa shape index (κ3) is 4.13. The van der Waals surface area contributed by atoms with Crippen molar-refractivity contribution in [1.29, 1.82) is 0 Å². The first-order valence-corrected chi connectivity index (χ1v) is 8.91. The SMILES string of the molecule is Cc1ccc(C)n1-c1cc(CNCc2ccc(C(=O)O)cc2)ccc1C(=O)O. The summed E-state index contributed by atoms with van der Waals surface area (Å²) in [7, 11) is 0. The third-order valence-corrected chi connectivity index (χ3v) is 4.66. The van der Waals surface area contributed by atoms with E-state index in [0.29, 0.717) is 18.8 Å². The molecule has 1 heterocycles. The molecule has 144 valence electrons. The number of carboxylic acid groups (broad SMARTS) is 2.